The molecule has 1 aromatic heterocycles. The minimum Gasteiger partial charge on any atom is -0.397 e. The van der Waals surface area contributed by atoms with Crippen molar-refractivity contribution in [2.45, 2.75) is 6.54 Å². The van der Waals surface area contributed by atoms with E-state index in [4.69, 9.17) is 5.73 Å². The average molecular weight is 215 g/mol. The molecule has 0 unspecified atom stereocenters. The summed E-state index contributed by atoms with van der Waals surface area (Å²) in [5.74, 6) is -0.164. The van der Waals surface area contributed by atoms with Crippen LogP contribution in [0, 0.1) is 0 Å². The van der Waals surface area contributed by atoms with Crippen LogP contribution in [0.25, 0.3) is 0 Å². The lowest BCUT2D eigenvalue weighted by molar-refractivity contribution is 0.0952. The van der Waals surface area contributed by atoms with Crippen LogP contribution in [-0.2, 0) is 6.54 Å². The van der Waals surface area contributed by atoms with E-state index >= 15 is 0 Å². The molecule has 0 aliphatic rings. The van der Waals surface area contributed by atoms with Crippen molar-refractivity contribution < 1.29 is 4.79 Å². The molecule has 1 heterocycles. The van der Waals surface area contributed by atoms with Gasteiger partial charge in [-0.15, -0.1) is 0 Å². The van der Waals surface area contributed by atoms with Crippen LogP contribution in [0.3, 0.4) is 0 Å². The van der Waals surface area contributed by atoms with Crippen molar-refractivity contribution in [1.82, 2.24) is 10.3 Å². The average Bonchev–Trinajstić information content (AvgIpc) is 2.74. The summed E-state index contributed by atoms with van der Waals surface area (Å²) in [4.78, 5) is 14.5. The zero-order valence-electron chi connectivity index (χ0n) is 8.73. The van der Waals surface area contributed by atoms with Gasteiger partial charge < -0.3 is 16.0 Å². The van der Waals surface area contributed by atoms with E-state index in [-0.39, 0.29) is 5.91 Å². The Kier molecular flexibility index (Phi) is 2.91. The predicted molar refractivity (Wildman–Crippen MR) is 62.8 cm³/mol. The molecule has 0 bridgehead atoms. The maximum absolute atomic E-state index is 11.7. The minimum atomic E-state index is -0.164. The lowest BCUT2D eigenvalue weighted by Crippen LogP contribution is -2.23. The molecule has 1 aromatic carbocycles. The number of amides is 1. The number of benzene rings is 1. The van der Waals surface area contributed by atoms with Crippen molar-refractivity contribution in [3.05, 3.63) is 53.9 Å². The molecule has 0 atom stereocenters. The molecule has 2 aromatic rings. The lowest BCUT2D eigenvalue weighted by atomic mass is 10.2. The molecular formula is C12H13N3O. The number of nitrogen functional groups attached to an aromatic ring is 1. The first-order valence-corrected chi connectivity index (χ1v) is 5.02. The number of hydrogen-bond donors (Lipinski definition) is 3. The van der Waals surface area contributed by atoms with Gasteiger partial charge in [-0.1, -0.05) is 30.3 Å². The number of aromatic amines is 1. The van der Waals surface area contributed by atoms with E-state index in [0.29, 0.717) is 17.8 Å². The fourth-order valence-electron chi connectivity index (χ4n) is 1.45. The first kappa shape index (κ1) is 10.3. The summed E-state index contributed by atoms with van der Waals surface area (Å²) in [5.41, 5.74) is 7.62. The highest BCUT2D eigenvalue weighted by molar-refractivity contribution is 5.98. The third-order valence-electron chi connectivity index (χ3n) is 2.32. The Labute approximate surface area is 93.5 Å². The van der Waals surface area contributed by atoms with E-state index in [1.807, 2.05) is 30.3 Å². The van der Waals surface area contributed by atoms with Gasteiger partial charge in [0, 0.05) is 18.9 Å². The summed E-state index contributed by atoms with van der Waals surface area (Å²) in [6.07, 6.45) is 3.19. The number of hydrogen-bond acceptors (Lipinski definition) is 2. The van der Waals surface area contributed by atoms with Crippen molar-refractivity contribution in [3.8, 4) is 0 Å². The van der Waals surface area contributed by atoms with E-state index < -0.39 is 0 Å². The number of carbonyl (C=O) groups is 1. The molecule has 16 heavy (non-hydrogen) atoms. The zero-order valence-corrected chi connectivity index (χ0v) is 8.73. The predicted octanol–water partition coefficient (Wildman–Crippen LogP) is 1.53. The maximum atomic E-state index is 11.7. The van der Waals surface area contributed by atoms with Crippen LogP contribution in [0.5, 0.6) is 0 Å². The van der Waals surface area contributed by atoms with Gasteiger partial charge in [-0.2, -0.15) is 0 Å². The molecule has 0 aliphatic carbocycles. The van der Waals surface area contributed by atoms with Gasteiger partial charge in [-0.05, 0) is 5.56 Å². The van der Waals surface area contributed by atoms with Crippen LogP contribution in [0.2, 0.25) is 0 Å². The van der Waals surface area contributed by atoms with Crippen molar-refractivity contribution in [2.75, 3.05) is 5.73 Å². The van der Waals surface area contributed by atoms with Gasteiger partial charge in [0.2, 0.25) is 0 Å². The second-order valence-corrected chi connectivity index (χ2v) is 3.49. The fourth-order valence-corrected chi connectivity index (χ4v) is 1.45. The van der Waals surface area contributed by atoms with Crippen LogP contribution in [-0.4, -0.2) is 10.9 Å². The largest absolute Gasteiger partial charge is 0.397 e. The van der Waals surface area contributed by atoms with Crippen LogP contribution >= 0.6 is 0 Å². The molecule has 1 amide bonds. The SMILES string of the molecule is Nc1c[nH]cc1C(=O)NCc1ccccc1. The Morgan fingerprint density at radius 2 is 2.00 bits per heavy atom. The molecule has 4 N–H and O–H groups in total. The normalized spacial score (nSPS) is 10.0. The monoisotopic (exact) mass is 215 g/mol. The van der Waals surface area contributed by atoms with Gasteiger partial charge in [0.25, 0.3) is 5.91 Å². The summed E-state index contributed by atoms with van der Waals surface area (Å²) < 4.78 is 0. The molecule has 0 saturated carbocycles. The Hall–Kier alpha value is -2.23. The molecule has 0 spiro atoms. The van der Waals surface area contributed by atoms with E-state index in [9.17, 15) is 4.79 Å². The third-order valence-corrected chi connectivity index (χ3v) is 2.32. The van der Waals surface area contributed by atoms with E-state index in [2.05, 4.69) is 10.3 Å². The van der Waals surface area contributed by atoms with Crippen molar-refractivity contribution in [2.24, 2.45) is 0 Å². The molecule has 4 heteroatoms. The smallest absolute Gasteiger partial charge is 0.255 e. The van der Waals surface area contributed by atoms with Crippen molar-refractivity contribution in [3.63, 3.8) is 0 Å². The molecule has 4 nitrogen and oxygen atoms in total. The number of rotatable bonds is 3. The first-order valence-electron chi connectivity index (χ1n) is 5.02. The van der Waals surface area contributed by atoms with Crippen LogP contribution in [0.1, 0.15) is 15.9 Å². The van der Waals surface area contributed by atoms with Gasteiger partial charge in [-0.3, -0.25) is 4.79 Å². The van der Waals surface area contributed by atoms with E-state index in [1.165, 1.54) is 0 Å². The fraction of sp³-hybridized carbons (Fsp3) is 0.0833. The Morgan fingerprint density at radius 1 is 1.25 bits per heavy atom. The summed E-state index contributed by atoms with van der Waals surface area (Å²) >= 11 is 0. The molecule has 0 radical (unpaired) electrons. The summed E-state index contributed by atoms with van der Waals surface area (Å²) in [6, 6.07) is 9.73. The first-order chi connectivity index (χ1) is 7.77. The number of aromatic nitrogens is 1. The Morgan fingerprint density at radius 3 is 2.62 bits per heavy atom. The van der Waals surface area contributed by atoms with Crippen LogP contribution < -0.4 is 11.1 Å². The van der Waals surface area contributed by atoms with E-state index in [1.54, 1.807) is 12.4 Å². The molecule has 0 aliphatic heterocycles. The third kappa shape index (κ3) is 2.23. The van der Waals surface area contributed by atoms with Gasteiger partial charge in [-0.25, -0.2) is 0 Å². The minimum absolute atomic E-state index is 0.164. The van der Waals surface area contributed by atoms with Gasteiger partial charge in [0.05, 0.1) is 11.3 Å². The number of nitrogens with two attached hydrogens (primary N) is 1. The highest BCUT2D eigenvalue weighted by Crippen LogP contribution is 2.09. The number of anilines is 1. The molecule has 0 saturated heterocycles. The van der Waals surface area contributed by atoms with Crippen molar-refractivity contribution in [1.29, 1.82) is 0 Å². The summed E-state index contributed by atoms with van der Waals surface area (Å²) in [6.45, 7) is 0.504. The lowest BCUT2D eigenvalue weighted by Gasteiger charge is -2.04. The highest BCUT2D eigenvalue weighted by Gasteiger charge is 2.09. The number of nitrogens with one attached hydrogen (secondary N) is 2. The Bertz CT molecular complexity index is 476. The molecule has 82 valence electrons. The number of H-pyrrole nitrogens is 1. The number of carbonyl (C=O) groups excluding carboxylic acids is 1. The highest BCUT2D eigenvalue weighted by atomic mass is 16.1. The summed E-state index contributed by atoms with van der Waals surface area (Å²) in [5, 5.41) is 2.80. The topological polar surface area (TPSA) is 70.9 Å². The standard InChI is InChI=1S/C12H13N3O/c13-11-8-14-7-10(11)12(16)15-6-9-4-2-1-3-5-9/h1-5,7-8,14H,6,13H2,(H,15,16). The Balaban J connectivity index is 1.97. The second kappa shape index (κ2) is 4.53. The second-order valence-electron chi connectivity index (χ2n) is 3.49. The summed E-state index contributed by atoms with van der Waals surface area (Å²) in [7, 11) is 0. The van der Waals surface area contributed by atoms with Crippen LogP contribution in [0.15, 0.2) is 42.7 Å². The van der Waals surface area contributed by atoms with Gasteiger partial charge >= 0.3 is 0 Å². The quantitative estimate of drug-likeness (QED) is 0.726. The van der Waals surface area contributed by atoms with E-state index in [0.717, 1.165) is 5.56 Å². The maximum Gasteiger partial charge on any atom is 0.255 e. The molecule has 2 rings (SSSR count). The molecular weight excluding hydrogens is 202 g/mol. The zero-order chi connectivity index (χ0) is 11.4. The van der Waals surface area contributed by atoms with Gasteiger partial charge in [0.1, 0.15) is 0 Å². The van der Waals surface area contributed by atoms with Crippen molar-refractivity contribution >= 4 is 11.6 Å². The van der Waals surface area contributed by atoms with Gasteiger partial charge in [0.15, 0.2) is 0 Å². The van der Waals surface area contributed by atoms with Crippen LogP contribution in [0.4, 0.5) is 5.69 Å². The molecule has 0 fully saturated rings.